The number of amides is 1. The molecule has 1 N–H and O–H groups in total. The Kier molecular flexibility index (Phi) is 3.97. The van der Waals surface area contributed by atoms with Gasteiger partial charge in [-0.15, -0.1) is 0 Å². The molecule has 0 fully saturated rings. The summed E-state index contributed by atoms with van der Waals surface area (Å²) >= 11 is 0. The first-order valence-electron chi connectivity index (χ1n) is 4.63. The van der Waals surface area contributed by atoms with E-state index in [2.05, 4.69) is 5.32 Å². The molecule has 0 heterocycles. The average molecular weight is 209 g/mol. The lowest BCUT2D eigenvalue weighted by Gasteiger charge is -2.03. The Morgan fingerprint density at radius 1 is 1.27 bits per heavy atom. The zero-order chi connectivity index (χ0) is 11.3. The SMILES string of the molecule is CC(=O)CCNC(=O)c1ccc(F)cc1. The Bertz CT molecular complexity index is 359. The van der Waals surface area contributed by atoms with E-state index < -0.39 is 0 Å². The molecule has 0 atom stereocenters. The van der Waals surface area contributed by atoms with Gasteiger partial charge in [0.2, 0.25) is 0 Å². The van der Waals surface area contributed by atoms with Crippen molar-refractivity contribution in [2.45, 2.75) is 13.3 Å². The highest BCUT2D eigenvalue weighted by molar-refractivity contribution is 5.94. The van der Waals surface area contributed by atoms with Gasteiger partial charge in [0.25, 0.3) is 5.91 Å². The molecule has 0 saturated heterocycles. The van der Waals surface area contributed by atoms with Crippen molar-refractivity contribution in [2.24, 2.45) is 0 Å². The van der Waals surface area contributed by atoms with Crippen LogP contribution in [0.25, 0.3) is 0 Å². The molecule has 1 aromatic carbocycles. The molecule has 1 amide bonds. The number of hydrogen-bond donors (Lipinski definition) is 1. The predicted molar refractivity (Wildman–Crippen MR) is 54.0 cm³/mol. The Morgan fingerprint density at radius 2 is 1.87 bits per heavy atom. The summed E-state index contributed by atoms with van der Waals surface area (Å²) < 4.78 is 12.5. The third-order valence-electron chi connectivity index (χ3n) is 1.87. The first kappa shape index (κ1) is 11.4. The van der Waals surface area contributed by atoms with Crippen LogP contribution in [-0.4, -0.2) is 18.2 Å². The molecule has 0 saturated carbocycles. The van der Waals surface area contributed by atoms with Crippen molar-refractivity contribution in [1.82, 2.24) is 5.32 Å². The molecule has 3 nitrogen and oxygen atoms in total. The highest BCUT2D eigenvalue weighted by Gasteiger charge is 2.04. The number of benzene rings is 1. The first-order chi connectivity index (χ1) is 7.09. The summed E-state index contributed by atoms with van der Waals surface area (Å²) in [5.74, 6) is -0.652. The molecule has 80 valence electrons. The minimum Gasteiger partial charge on any atom is -0.352 e. The van der Waals surface area contributed by atoms with Crippen LogP contribution in [0.15, 0.2) is 24.3 Å². The number of hydrogen-bond acceptors (Lipinski definition) is 2. The van der Waals surface area contributed by atoms with Gasteiger partial charge in [-0.2, -0.15) is 0 Å². The normalized spacial score (nSPS) is 9.73. The van der Waals surface area contributed by atoms with Crippen LogP contribution in [0, 0.1) is 5.82 Å². The quantitative estimate of drug-likeness (QED) is 0.817. The van der Waals surface area contributed by atoms with Crippen LogP contribution in [0.4, 0.5) is 4.39 Å². The second-order valence-corrected chi connectivity index (χ2v) is 3.21. The van der Waals surface area contributed by atoms with E-state index in [9.17, 15) is 14.0 Å². The number of carbonyl (C=O) groups is 2. The van der Waals surface area contributed by atoms with Crippen LogP contribution < -0.4 is 5.32 Å². The lowest BCUT2D eigenvalue weighted by molar-refractivity contribution is -0.116. The average Bonchev–Trinajstić information content (AvgIpc) is 2.18. The summed E-state index contributed by atoms with van der Waals surface area (Å²) in [6.07, 6.45) is 0.312. The van der Waals surface area contributed by atoms with Gasteiger partial charge >= 0.3 is 0 Å². The second-order valence-electron chi connectivity index (χ2n) is 3.21. The Morgan fingerprint density at radius 3 is 2.40 bits per heavy atom. The van der Waals surface area contributed by atoms with Crippen LogP contribution in [0.5, 0.6) is 0 Å². The van der Waals surface area contributed by atoms with Crippen LogP contribution in [0.2, 0.25) is 0 Å². The molecule has 0 aliphatic carbocycles. The van der Waals surface area contributed by atoms with Crippen molar-refractivity contribution >= 4 is 11.7 Å². The second kappa shape index (κ2) is 5.24. The van der Waals surface area contributed by atoms with Gasteiger partial charge < -0.3 is 5.32 Å². The Labute approximate surface area is 87.3 Å². The molecule has 4 heteroatoms. The van der Waals surface area contributed by atoms with E-state index in [1.807, 2.05) is 0 Å². The van der Waals surface area contributed by atoms with E-state index in [0.29, 0.717) is 18.5 Å². The first-order valence-corrected chi connectivity index (χ1v) is 4.63. The summed E-state index contributed by atoms with van der Waals surface area (Å²) in [6.45, 7) is 1.77. The third-order valence-corrected chi connectivity index (χ3v) is 1.87. The molecule has 0 bridgehead atoms. The number of nitrogens with one attached hydrogen (secondary N) is 1. The molecule has 15 heavy (non-hydrogen) atoms. The van der Waals surface area contributed by atoms with E-state index in [1.165, 1.54) is 31.2 Å². The summed E-state index contributed by atoms with van der Waals surface area (Å²) in [6, 6.07) is 5.25. The number of Topliss-reactive ketones (excluding diaryl/α,β-unsaturated/α-hetero) is 1. The van der Waals surface area contributed by atoms with E-state index in [-0.39, 0.29) is 17.5 Å². The van der Waals surface area contributed by atoms with Crippen LogP contribution in [0.3, 0.4) is 0 Å². The highest BCUT2D eigenvalue weighted by atomic mass is 19.1. The van der Waals surface area contributed by atoms with Gasteiger partial charge in [0.05, 0.1) is 0 Å². The van der Waals surface area contributed by atoms with Gasteiger partial charge in [-0.1, -0.05) is 0 Å². The summed E-state index contributed by atoms with van der Waals surface area (Å²) in [4.78, 5) is 22.0. The number of rotatable bonds is 4. The van der Waals surface area contributed by atoms with Gasteiger partial charge in [0.1, 0.15) is 11.6 Å². The van der Waals surface area contributed by atoms with Crippen molar-refractivity contribution < 1.29 is 14.0 Å². The molecule has 0 unspecified atom stereocenters. The molecule has 1 aromatic rings. The van der Waals surface area contributed by atoms with Crippen LogP contribution >= 0.6 is 0 Å². The minimum absolute atomic E-state index is 0.0226. The summed E-state index contributed by atoms with van der Waals surface area (Å²) in [5, 5.41) is 2.57. The van der Waals surface area contributed by atoms with E-state index in [1.54, 1.807) is 0 Å². The molecule has 0 aliphatic rings. The van der Waals surface area contributed by atoms with Crippen molar-refractivity contribution in [1.29, 1.82) is 0 Å². The largest absolute Gasteiger partial charge is 0.352 e. The number of ketones is 1. The monoisotopic (exact) mass is 209 g/mol. The smallest absolute Gasteiger partial charge is 0.251 e. The van der Waals surface area contributed by atoms with E-state index >= 15 is 0 Å². The van der Waals surface area contributed by atoms with Gasteiger partial charge in [0, 0.05) is 18.5 Å². The van der Waals surface area contributed by atoms with Crippen LogP contribution in [-0.2, 0) is 4.79 Å². The van der Waals surface area contributed by atoms with Crippen molar-refractivity contribution in [3.63, 3.8) is 0 Å². The maximum atomic E-state index is 12.5. The van der Waals surface area contributed by atoms with Crippen molar-refractivity contribution in [2.75, 3.05) is 6.54 Å². The third kappa shape index (κ3) is 3.89. The van der Waals surface area contributed by atoms with Gasteiger partial charge in [-0.3, -0.25) is 9.59 Å². The zero-order valence-electron chi connectivity index (χ0n) is 8.42. The minimum atomic E-state index is -0.379. The predicted octanol–water partition coefficient (Wildman–Crippen LogP) is 1.53. The molecule has 0 aromatic heterocycles. The van der Waals surface area contributed by atoms with Crippen molar-refractivity contribution in [3.05, 3.63) is 35.6 Å². The topological polar surface area (TPSA) is 46.2 Å². The number of carbonyl (C=O) groups excluding carboxylic acids is 2. The molecule has 0 aliphatic heterocycles. The molecular weight excluding hydrogens is 197 g/mol. The molecule has 1 rings (SSSR count). The summed E-state index contributed by atoms with van der Waals surface area (Å²) in [5.41, 5.74) is 0.389. The standard InChI is InChI=1S/C11H12FNO2/c1-8(14)6-7-13-11(15)9-2-4-10(12)5-3-9/h2-5H,6-7H2,1H3,(H,13,15). The Balaban J connectivity index is 2.47. The van der Waals surface area contributed by atoms with Gasteiger partial charge in [-0.25, -0.2) is 4.39 Å². The molecule has 0 radical (unpaired) electrons. The van der Waals surface area contributed by atoms with Gasteiger partial charge in [-0.05, 0) is 31.2 Å². The molecule has 0 spiro atoms. The lowest BCUT2D eigenvalue weighted by Crippen LogP contribution is -2.25. The van der Waals surface area contributed by atoms with E-state index in [0.717, 1.165) is 0 Å². The Hall–Kier alpha value is -1.71. The lowest BCUT2D eigenvalue weighted by atomic mass is 10.2. The fourth-order valence-electron chi connectivity index (χ4n) is 1.06. The van der Waals surface area contributed by atoms with Crippen LogP contribution in [0.1, 0.15) is 23.7 Å². The highest BCUT2D eigenvalue weighted by Crippen LogP contribution is 2.02. The fourth-order valence-corrected chi connectivity index (χ4v) is 1.06. The fraction of sp³-hybridized carbons (Fsp3) is 0.273. The number of halogens is 1. The van der Waals surface area contributed by atoms with Gasteiger partial charge in [0.15, 0.2) is 0 Å². The maximum absolute atomic E-state index is 12.5. The maximum Gasteiger partial charge on any atom is 0.251 e. The zero-order valence-corrected chi connectivity index (χ0v) is 8.42. The summed E-state index contributed by atoms with van der Waals surface area (Å²) in [7, 11) is 0. The van der Waals surface area contributed by atoms with E-state index in [4.69, 9.17) is 0 Å². The van der Waals surface area contributed by atoms with Crippen molar-refractivity contribution in [3.8, 4) is 0 Å². The molecular formula is C11H12FNO2.